The molecule has 3 aliphatic rings. The summed E-state index contributed by atoms with van der Waals surface area (Å²) >= 11 is 6.59. The molecule has 1 spiro atoms. The minimum absolute atomic E-state index is 0.0176. The van der Waals surface area contributed by atoms with Crippen LogP contribution in [-0.2, 0) is 16.1 Å². The number of benzene rings is 3. The number of nitrogens with zero attached hydrogens (tertiary/aromatic N) is 1. The molecule has 3 N–H and O–H groups in total. The van der Waals surface area contributed by atoms with Crippen molar-refractivity contribution in [2.24, 2.45) is 5.92 Å². The molecule has 0 saturated carbocycles. The van der Waals surface area contributed by atoms with Gasteiger partial charge in [0, 0.05) is 49.4 Å². The number of allylic oxidation sites excluding steroid dienone is 1. The van der Waals surface area contributed by atoms with Crippen molar-refractivity contribution in [3.8, 4) is 28.7 Å². The number of carbonyl (C=O) groups excluding carboxylic acids is 3. The molecule has 0 fully saturated rings. The Kier molecular flexibility index (Phi) is 8.50. The van der Waals surface area contributed by atoms with E-state index < -0.39 is 51.8 Å². The number of para-hydroxylation sites is 2. The van der Waals surface area contributed by atoms with Crippen LogP contribution in [0.3, 0.4) is 0 Å². The lowest BCUT2D eigenvalue weighted by Gasteiger charge is -2.38. The number of aromatic amines is 1. The largest absolute Gasteiger partial charge is 0.507 e. The Bertz CT molecular complexity index is 2290. The van der Waals surface area contributed by atoms with Gasteiger partial charge in [-0.3, -0.25) is 24.0 Å². The number of halogens is 1. The van der Waals surface area contributed by atoms with Crippen LogP contribution in [0.25, 0.3) is 11.0 Å². The molecule has 1 aliphatic carbocycles. The SMILES string of the molecule is COc1cc(OC)c2c(c1Cl)O[C@]1(C2=O)C(O)=C(C(CC(=O)NCCn2c(=O)c(=O)[nH]c3ccccc32)c2ccc3c(c2)OCO3)C(=O)C[C@H]1C. The van der Waals surface area contributed by atoms with E-state index in [1.54, 1.807) is 49.4 Å². The van der Waals surface area contributed by atoms with Crippen molar-refractivity contribution in [2.45, 2.75) is 37.8 Å². The van der Waals surface area contributed by atoms with Gasteiger partial charge in [-0.2, -0.15) is 0 Å². The smallest absolute Gasteiger partial charge is 0.316 e. The molecule has 0 bridgehead atoms. The number of Topliss-reactive ketones (excluding diaryl/α,β-unsaturated/α-hetero) is 2. The summed E-state index contributed by atoms with van der Waals surface area (Å²) in [5.41, 5.74) is -2.49. The Morgan fingerprint density at radius 3 is 2.59 bits per heavy atom. The number of methoxy groups -OCH3 is 2. The minimum Gasteiger partial charge on any atom is -0.507 e. The topological polar surface area (TPSA) is 184 Å². The summed E-state index contributed by atoms with van der Waals surface area (Å²) in [6, 6.07) is 13.1. The van der Waals surface area contributed by atoms with Gasteiger partial charge in [-0.1, -0.05) is 36.7 Å². The molecule has 3 heterocycles. The second kappa shape index (κ2) is 12.8. The normalized spacial score (nSPS) is 19.6. The molecule has 51 heavy (non-hydrogen) atoms. The quantitative estimate of drug-likeness (QED) is 0.214. The highest BCUT2D eigenvalue weighted by Gasteiger charge is 2.61. The van der Waals surface area contributed by atoms with Gasteiger partial charge in [0.25, 0.3) is 0 Å². The average molecular weight is 718 g/mol. The zero-order chi connectivity index (χ0) is 36.2. The summed E-state index contributed by atoms with van der Waals surface area (Å²) in [4.78, 5) is 69.5. The fourth-order valence-electron chi connectivity index (χ4n) is 7.06. The molecule has 1 aromatic heterocycles. The third kappa shape index (κ3) is 5.37. The van der Waals surface area contributed by atoms with Crippen molar-refractivity contribution in [2.75, 3.05) is 27.6 Å². The molecule has 0 radical (unpaired) electrons. The Balaban J connectivity index is 1.26. The highest BCUT2D eigenvalue weighted by molar-refractivity contribution is 6.35. The van der Waals surface area contributed by atoms with Gasteiger partial charge in [0.1, 0.15) is 22.1 Å². The van der Waals surface area contributed by atoms with Crippen molar-refractivity contribution < 1.29 is 43.2 Å². The van der Waals surface area contributed by atoms with Crippen LogP contribution in [0.5, 0.6) is 28.7 Å². The highest BCUT2D eigenvalue weighted by atomic mass is 35.5. The van der Waals surface area contributed by atoms with E-state index in [-0.39, 0.29) is 66.1 Å². The second-order valence-corrected chi connectivity index (χ2v) is 12.8. The number of ketones is 2. The first-order chi connectivity index (χ1) is 24.5. The van der Waals surface area contributed by atoms with E-state index in [1.807, 2.05) is 0 Å². The maximum Gasteiger partial charge on any atom is 0.316 e. The van der Waals surface area contributed by atoms with Gasteiger partial charge in [-0.05, 0) is 29.8 Å². The second-order valence-electron chi connectivity index (χ2n) is 12.4. The summed E-state index contributed by atoms with van der Waals surface area (Å²) in [5, 5.41) is 14.9. The van der Waals surface area contributed by atoms with Gasteiger partial charge in [0.15, 0.2) is 28.8 Å². The number of aromatic nitrogens is 2. The molecule has 15 heteroatoms. The number of carbonyl (C=O) groups is 3. The molecule has 3 aromatic carbocycles. The van der Waals surface area contributed by atoms with Crippen molar-refractivity contribution in [1.82, 2.24) is 14.9 Å². The van der Waals surface area contributed by atoms with Gasteiger partial charge in [-0.15, -0.1) is 0 Å². The van der Waals surface area contributed by atoms with Crippen molar-refractivity contribution in [3.63, 3.8) is 0 Å². The molecular weight excluding hydrogens is 686 g/mol. The summed E-state index contributed by atoms with van der Waals surface area (Å²) in [6.45, 7) is 1.51. The highest BCUT2D eigenvalue weighted by Crippen LogP contribution is 2.56. The van der Waals surface area contributed by atoms with Gasteiger partial charge >= 0.3 is 11.1 Å². The van der Waals surface area contributed by atoms with E-state index in [9.17, 15) is 29.1 Å². The zero-order valence-corrected chi connectivity index (χ0v) is 28.4. The van der Waals surface area contributed by atoms with E-state index in [0.717, 1.165) is 0 Å². The molecule has 1 unspecified atom stereocenters. The maximum atomic E-state index is 14.4. The molecule has 264 valence electrons. The number of nitrogens with one attached hydrogen (secondary N) is 2. The number of H-pyrrole nitrogens is 1. The number of amides is 1. The first kappa shape index (κ1) is 33.7. The number of rotatable bonds is 9. The number of aliphatic hydroxyl groups is 1. The van der Waals surface area contributed by atoms with E-state index in [4.69, 9.17) is 35.3 Å². The predicted octanol–water partition coefficient (Wildman–Crippen LogP) is 3.81. The summed E-state index contributed by atoms with van der Waals surface area (Å²) in [5.74, 6) is -3.27. The maximum absolute atomic E-state index is 14.4. The van der Waals surface area contributed by atoms with Crippen molar-refractivity contribution in [1.29, 1.82) is 0 Å². The number of ether oxygens (including phenoxy) is 5. The van der Waals surface area contributed by atoms with Gasteiger partial charge in [0.2, 0.25) is 24.1 Å². The molecule has 14 nitrogen and oxygen atoms in total. The van der Waals surface area contributed by atoms with Crippen molar-refractivity contribution >= 4 is 40.1 Å². The first-order valence-electron chi connectivity index (χ1n) is 16.0. The van der Waals surface area contributed by atoms with Crippen LogP contribution in [0.4, 0.5) is 0 Å². The van der Waals surface area contributed by atoms with Gasteiger partial charge in [-0.25, -0.2) is 0 Å². The van der Waals surface area contributed by atoms with Crippen LogP contribution in [0.2, 0.25) is 5.02 Å². The fraction of sp³-hybridized carbons (Fsp3) is 0.306. The molecular formula is C36H32ClN3O11. The van der Waals surface area contributed by atoms with Crippen molar-refractivity contribution in [3.05, 3.63) is 96.7 Å². The molecule has 4 aromatic rings. The monoisotopic (exact) mass is 717 g/mol. The standard InChI is InChI=1S/C36H32ClN3O11/c1-17-12-22(41)28(32(43)36(17)33(44)29-25(47-2)15-26(48-3)30(37)31(29)51-36)19(18-8-9-23-24(13-18)50-16-49-23)14-27(42)38-10-11-40-21-7-5-4-6-20(21)39-34(45)35(40)46/h4-9,13,15,17,19,43H,10-12,14,16H2,1-3H3,(H,38,42)(H,39,45)/t17-,19?,36+/m1/s1. The molecule has 3 atom stereocenters. The summed E-state index contributed by atoms with van der Waals surface area (Å²) in [7, 11) is 2.75. The Morgan fingerprint density at radius 2 is 1.82 bits per heavy atom. The summed E-state index contributed by atoms with van der Waals surface area (Å²) in [6.07, 6.45) is -0.573. The zero-order valence-electron chi connectivity index (χ0n) is 27.7. The molecule has 0 saturated heterocycles. The van der Waals surface area contributed by atoms with E-state index >= 15 is 0 Å². The third-order valence-corrected chi connectivity index (χ3v) is 9.95. The molecule has 7 rings (SSSR count). The van der Waals surface area contributed by atoms with Crippen LogP contribution in [-0.4, -0.2) is 65.3 Å². The van der Waals surface area contributed by atoms with Crippen LogP contribution < -0.4 is 40.1 Å². The number of hydrogen-bond acceptors (Lipinski definition) is 11. The van der Waals surface area contributed by atoms with E-state index in [0.29, 0.717) is 28.1 Å². The average Bonchev–Trinajstić information content (AvgIpc) is 3.72. The van der Waals surface area contributed by atoms with Gasteiger partial charge < -0.3 is 43.7 Å². The predicted molar refractivity (Wildman–Crippen MR) is 182 cm³/mol. The van der Waals surface area contributed by atoms with Crippen LogP contribution >= 0.6 is 11.6 Å². The Hall–Kier alpha value is -5.76. The lowest BCUT2D eigenvalue weighted by Crippen LogP contribution is -2.53. The third-order valence-electron chi connectivity index (χ3n) is 9.59. The minimum atomic E-state index is -2.07. The van der Waals surface area contributed by atoms with Gasteiger partial charge in [0.05, 0.1) is 25.3 Å². The lowest BCUT2D eigenvalue weighted by molar-refractivity contribution is -0.121. The van der Waals surface area contributed by atoms with Crippen LogP contribution in [0, 0.1) is 5.92 Å². The van der Waals surface area contributed by atoms with E-state index in [1.165, 1.54) is 24.9 Å². The lowest BCUT2D eigenvalue weighted by atomic mass is 9.69. The molecule has 1 amide bonds. The number of hydrogen-bond donors (Lipinski definition) is 3. The Morgan fingerprint density at radius 1 is 1.08 bits per heavy atom. The van der Waals surface area contributed by atoms with Crippen LogP contribution in [0.1, 0.15) is 41.6 Å². The molecule has 2 aliphatic heterocycles. The fourth-order valence-corrected chi connectivity index (χ4v) is 7.33. The Labute approximate surface area is 294 Å². The summed E-state index contributed by atoms with van der Waals surface area (Å²) < 4.78 is 29.4. The first-order valence-corrected chi connectivity index (χ1v) is 16.4. The number of fused-ring (bicyclic) bond motifs is 3. The van der Waals surface area contributed by atoms with E-state index in [2.05, 4.69) is 10.3 Å². The number of aliphatic hydroxyl groups excluding tert-OH is 1. The van der Waals surface area contributed by atoms with Crippen LogP contribution in [0.15, 0.2) is 69.5 Å².